The molecule has 3 saturated carbocycles. The fourth-order valence-electron chi connectivity index (χ4n) is 13.7. The first-order chi connectivity index (χ1) is 30.7. The molecule has 6 heteroatoms. The normalized spacial score (nSPS) is 30.8. The second-order valence-corrected chi connectivity index (χ2v) is 22.5. The van der Waals surface area contributed by atoms with Crippen LogP contribution in [-0.4, -0.2) is 89.6 Å². The number of hydrogen-bond acceptors (Lipinski definition) is 6. The van der Waals surface area contributed by atoms with E-state index in [1.54, 1.807) is 5.57 Å². The van der Waals surface area contributed by atoms with Gasteiger partial charge in [-0.2, -0.15) is 0 Å². The lowest BCUT2D eigenvalue weighted by molar-refractivity contribution is -0.0732. The second kappa shape index (κ2) is 29.2. The SMILES string of the molecule is CCCCCCCCC=CCCCCCCCCOCC(CN1CCC(OC)C1)OCCOCCO[C@H]1CC[C@@]2(C)C(=CC[C@H]3[C@@H]4CC[C@H]([C@H](C)CCCC(C)C)[C@@]4(C)CC[C@@H]32)C1. The molecule has 1 saturated heterocycles. The van der Waals surface area contributed by atoms with E-state index in [4.69, 9.17) is 23.7 Å². The predicted octanol–water partition coefficient (Wildman–Crippen LogP) is 14.6. The Morgan fingerprint density at radius 3 is 2.17 bits per heavy atom. The Morgan fingerprint density at radius 1 is 0.714 bits per heavy atom. The molecule has 2 unspecified atom stereocenters. The van der Waals surface area contributed by atoms with Gasteiger partial charge in [-0.15, -0.1) is 0 Å². The van der Waals surface area contributed by atoms with Crippen molar-refractivity contribution in [1.29, 1.82) is 0 Å². The molecular weight excluding hydrogens is 779 g/mol. The Morgan fingerprint density at radius 2 is 1.44 bits per heavy atom. The number of ether oxygens (including phenoxy) is 5. The highest BCUT2D eigenvalue weighted by Crippen LogP contribution is 2.67. The van der Waals surface area contributed by atoms with Crippen molar-refractivity contribution in [2.75, 3.05) is 66.4 Å². The fourth-order valence-corrected chi connectivity index (χ4v) is 13.7. The Bertz CT molecular complexity index is 1270. The van der Waals surface area contributed by atoms with Crippen molar-refractivity contribution in [3.63, 3.8) is 0 Å². The van der Waals surface area contributed by atoms with Gasteiger partial charge in [0.1, 0.15) is 0 Å². The molecule has 0 spiro atoms. The summed E-state index contributed by atoms with van der Waals surface area (Å²) >= 11 is 0. The third kappa shape index (κ3) is 17.1. The maximum atomic E-state index is 6.52. The number of likely N-dealkylation sites (tertiary alicyclic amines) is 1. The standard InChI is InChI=1S/C57H103NO5/c1-8-9-10-11-12-13-14-15-16-17-18-19-20-21-22-23-37-61-45-51(44-58-36-33-50(43-58)59-7)63-41-39-60-38-40-62-49-31-34-56(5)48(42-49)27-28-52-54-30-29-53(47(4)26-24-25-46(2)3)57(54,6)35-32-55(52)56/h15-16,27,46-47,49-55H,8-14,17-26,28-45H2,1-7H3/t47-,49+,50?,51?,52+,53-,54+,55+,56+,57-/m1/s1. The van der Waals surface area contributed by atoms with Gasteiger partial charge in [0.15, 0.2) is 0 Å². The van der Waals surface area contributed by atoms with Gasteiger partial charge < -0.3 is 23.7 Å². The minimum absolute atomic E-state index is 0.0608. The summed E-state index contributed by atoms with van der Waals surface area (Å²) in [6, 6.07) is 0. The first kappa shape index (κ1) is 53.2. The molecule has 5 aliphatic rings. The first-order valence-corrected chi connectivity index (χ1v) is 27.7. The second-order valence-electron chi connectivity index (χ2n) is 22.5. The number of unbranched alkanes of at least 4 members (excludes halogenated alkanes) is 12. The lowest BCUT2D eigenvalue weighted by Gasteiger charge is -2.58. The van der Waals surface area contributed by atoms with Crippen LogP contribution >= 0.6 is 0 Å². The van der Waals surface area contributed by atoms with E-state index in [1.165, 1.54) is 148 Å². The van der Waals surface area contributed by atoms with Crippen LogP contribution in [0.2, 0.25) is 0 Å². The Hall–Kier alpha value is -0.760. The molecule has 4 fully saturated rings. The molecule has 0 aromatic rings. The summed E-state index contributed by atoms with van der Waals surface area (Å²) in [6.45, 7) is 22.0. The number of allylic oxidation sites excluding steroid dienone is 3. The van der Waals surface area contributed by atoms with Crippen LogP contribution in [0.5, 0.6) is 0 Å². The third-order valence-corrected chi connectivity index (χ3v) is 17.6. The number of nitrogens with zero attached hydrogens (tertiary/aromatic N) is 1. The zero-order chi connectivity index (χ0) is 44.8. The third-order valence-electron chi connectivity index (χ3n) is 17.6. The van der Waals surface area contributed by atoms with Crippen molar-refractivity contribution in [1.82, 2.24) is 4.90 Å². The summed E-state index contributed by atoms with van der Waals surface area (Å²) in [5.41, 5.74) is 2.67. The molecule has 0 N–H and O–H groups in total. The van der Waals surface area contributed by atoms with Gasteiger partial charge in [-0.25, -0.2) is 0 Å². The van der Waals surface area contributed by atoms with Gasteiger partial charge in [0.05, 0.1) is 51.3 Å². The molecule has 0 amide bonds. The first-order valence-electron chi connectivity index (χ1n) is 27.7. The minimum atomic E-state index is 0.0608. The molecule has 10 atom stereocenters. The Balaban J connectivity index is 0.917. The maximum Gasteiger partial charge on any atom is 0.0936 e. The summed E-state index contributed by atoms with van der Waals surface area (Å²) in [6.07, 6.45) is 43.0. The number of rotatable bonds is 34. The summed E-state index contributed by atoms with van der Waals surface area (Å²) in [5.74, 6) is 5.34. The zero-order valence-electron chi connectivity index (χ0n) is 42.7. The van der Waals surface area contributed by atoms with E-state index in [0.29, 0.717) is 56.1 Å². The van der Waals surface area contributed by atoms with Crippen LogP contribution in [-0.2, 0) is 23.7 Å². The summed E-state index contributed by atoms with van der Waals surface area (Å²) in [4.78, 5) is 2.48. The van der Waals surface area contributed by atoms with Crippen molar-refractivity contribution in [3.8, 4) is 0 Å². The molecule has 366 valence electrons. The van der Waals surface area contributed by atoms with E-state index < -0.39 is 0 Å². The van der Waals surface area contributed by atoms with Crippen LogP contribution in [0.25, 0.3) is 0 Å². The molecule has 0 radical (unpaired) electrons. The van der Waals surface area contributed by atoms with Crippen LogP contribution in [0.3, 0.4) is 0 Å². The fraction of sp³-hybridized carbons (Fsp3) is 0.930. The molecule has 5 rings (SSSR count). The van der Waals surface area contributed by atoms with E-state index >= 15 is 0 Å². The number of methoxy groups -OCH3 is 1. The van der Waals surface area contributed by atoms with Gasteiger partial charge in [0, 0.05) is 33.4 Å². The Kier molecular flexibility index (Phi) is 24.7. The van der Waals surface area contributed by atoms with Gasteiger partial charge in [-0.05, 0) is 136 Å². The highest BCUT2D eigenvalue weighted by atomic mass is 16.6. The van der Waals surface area contributed by atoms with E-state index in [2.05, 4.69) is 64.7 Å². The maximum absolute atomic E-state index is 6.52. The molecule has 1 heterocycles. The number of hydrogen-bond donors (Lipinski definition) is 0. The molecule has 4 aliphatic carbocycles. The van der Waals surface area contributed by atoms with Crippen LogP contribution in [0.1, 0.15) is 208 Å². The molecule has 1 aliphatic heterocycles. The van der Waals surface area contributed by atoms with Crippen molar-refractivity contribution >= 4 is 0 Å². The van der Waals surface area contributed by atoms with E-state index in [9.17, 15) is 0 Å². The van der Waals surface area contributed by atoms with Crippen molar-refractivity contribution < 1.29 is 23.7 Å². The molecule has 63 heavy (non-hydrogen) atoms. The van der Waals surface area contributed by atoms with Crippen LogP contribution in [0.4, 0.5) is 0 Å². The summed E-state index contributed by atoms with van der Waals surface area (Å²) in [5, 5.41) is 0. The van der Waals surface area contributed by atoms with Gasteiger partial charge >= 0.3 is 0 Å². The van der Waals surface area contributed by atoms with Gasteiger partial charge in [0.2, 0.25) is 0 Å². The topological polar surface area (TPSA) is 49.4 Å². The largest absolute Gasteiger partial charge is 0.380 e. The van der Waals surface area contributed by atoms with Crippen LogP contribution in [0, 0.1) is 46.3 Å². The minimum Gasteiger partial charge on any atom is -0.380 e. The highest BCUT2D eigenvalue weighted by molar-refractivity contribution is 5.25. The lowest BCUT2D eigenvalue weighted by atomic mass is 9.47. The van der Waals surface area contributed by atoms with Gasteiger partial charge in [-0.1, -0.05) is 142 Å². The molecule has 0 aromatic heterocycles. The molecule has 0 bridgehead atoms. The Labute approximate surface area is 390 Å². The molecule has 6 nitrogen and oxygen atoms in total. The monoisotopic (exact) mass is 882 g/mol. The van der Waals surface area contributed by atoms with Crippen molar-refractivity contribution in [3.05, 3.63) is 23.8 Å². The average molecular weight is 882 g/mol. The summed E-state index contributed by atoms with van der Waals surface area (Å²) < 4.78 is 30.9. The highest BCUT2D eigenvalue weighted by Gasteiger charge is 2.59. The van der Waals surface area contributed by atoms with E-state index in [1.807, 2.05) is 7.11 Å². The number of fused-ring (bicyclic) bond motifs is 5. The van der Waals surface area contributed by atoms with Gasteiger partial charge in [0.25, 0.3) is 0 Å². The quantitative estimate of drug-likeness (QED) is 0.0474. The van der Waals surface area contributed by atoms with Crippen LogP contribution in [0.15, 0.2) is 23.8 Å². The smallest absolute Gasteiger partial charge is 0.0936 e. The molecule has 0 aromatic carbocycles. The van der Waals surface area contributed by atoms with Crippen LogP contribution < -0.4 is 0 Å². The lowest BCUT2D eigenvalue weighted by Crippen LogP contribution is -2.51. The predicted molar refractivity (Wildman–Crippen MR) is 265 cm³/mol. The zero-order valence-corrected chi connectivity index (χ0v) is 42.7. The molecular formula is C57H103NO5. The summed E-state index contributed by atoms with van der Waals surface area (Å²) in [7, 11) is 1.83. The van der Waals surface area contributed by atoms with Crippen molar-refractivity contribution in [2.45, 2.75) is 227 Å². The van der Waals surface area contributed by atoms with Crippen molar-refractivity contribution in [2.24, 2.45) is 46.3 Å². The van der Waals surface area contributed by atoms with Gasteiger partial charge in [-0.3, -0.25) is 4.90 Å². The van der Waals surface area contributed by atoms with E-state index in [0.717, 1.165) is 81.0 Å². The average Bonchev–Trinajstić information content (AvgIpc) is 3.89. The van der Waals surface area contributed by atoms with E-state index in [-0.39, 0.29) is 6.10 Å².